The van der Waals surface area contributed by atoms with E-state index in [0.29, 0.717) is 47.6 Å². The molecule has 0 atom stereocenters. The monoisotopic (exact) mass is 416 g/mol. The Labute approximate surface area is 175 Å². The summed E-state index contributed by atoms with van der Waals surface area (Å²) in [5, 5.41) is 3.44. The predicted octanol–water partition coefficient (Wildman–Crippen LogP) is 3.40. The standard InChI is InChI=1S/C22H25ClN2O4/c1-28-20-8-7-17(23)13-19(20)22(27)24-14-16-9-11-25(12-10-16)21(26)15-29-18-5-3-2-4-6-18/h2-8,13,16H,9-12,14-15H2,1H3,(H,24,27). The van der Waals surface area contributed by atoms with Gasteiger partial charge >= 0.3 is 0 Å². The number of hydrogen-bond acceptors (Lipinski definition) is 4. The number of benzene rings is 2. The van der Waals surface area contributed by atoms with Crippen LogP contribution in [-0.4, -0.2) is 50.1 Å². The minimum absolute atomic E-state index is 0.0139. The van der Waals surface area contributed by atoms with Crippen molar-refractivity contribution < 1.29 is 19.1 Å². The highest BCUT2D eigenvalue weighted by molar-refractivity contribution is 6.31. The highest BCUT2D eigenvalue weighted by atomic mass is 35.5. The number of hydrogen-bond donors (Lipinski definition) is 1. The number of rotatable bonds is 7. The van der Waals surface area contributed by atoms with E-state index in [1.54, 1.807) is 18.2 Å². The van der Waals surface area contributed by atoms with Gasteiger partial charge < -0.3 is 19.7 Å². The van der Waals surface area contributed by atoms with Crippen LogP contribution in [0.5, 0.6) is 11.5 Å². The lowest BCUT2D eigenvalue weighted by Crippen LogP contribution is -2.43. The number of carbonyl (C=O) groups excluding carboxylic acids is 2. The van der Waals surface area contributed by atoms with E-state index in [2.05, 4.69) is 5.32 Å². The molecule has 1 N–H and O–H groups in total. The van der Waals surface area contributed by atoms with E-state index < -0.39 is 0 Å². The van der Waals surface area contributed by atoms with Crippen LogP contribution in [0, 0.1) is 5.92 Å². The third kappa shape index (κ3) is 5.87. The third-order valence-electron chi connectivity index (χ3n) is 5.03. The Morgan fingerprint density at radius 2 is 1.86 bits per heavy atom. The minimum atomic E-state index is -0.209. The average molecular weight is 417 g/mol. The summed E-state index contributed by atoms with van der Waals surface area (Å²) in [4.78, 5) is 26.6. The molecule has 0 unspecified atom stereocenters. The molecule has 0 spiro atoms. The Kier molecular flexibility index (Phi) is 7.36. The van der Waals surface area contributed by atoms with Crippen LogP contribution in [-0.2, 0) is 4.79 Å². The lowest BCUT2D eigenvalue weighted by Gasteiger charge is -2.32. The fraction of sp³-hybridized carbons (Fsp3) is 0.364. The number of para-hydroxylation sites is 1. The van der Waals surface area contributed by atoms with Crippen molar-refractivity contribution in [3.8, 4) is 11.5 Å². The van der Waals surface area contributed by atoms with Gasteiger partial charge in [0.2, 0.25) is 0 Å². The third-order valence-corrected chi connectivity index (χ3v) is 5.27. The lowest BCUT2D eigenvalue weighted by atomic mass is 9.96. The topological polar surface area (TPSA) is 67.9 Å². The molecular formula is C22H25ClN2O4. The Bertz CT molecular complexity index is 836. The zero-order chi connectivity index (χ0) is 20.6. The molecule has 1 aliphatic heterocycles. The fourth-order valence-corrected chi connectivity index (χ4v) is 3.50. The van der Waals surface area contributed by atoms with Crippen molar-refractivity contribution >= 4 is 23.4 Å². The SMILES string of the molecule is COc1ccc(Cl)cc1C(=O)NCC1CCN(C(=O)COc2ccccc2)CC1. The number of nitrogens with zero attached hydrogens (tertiary/aromatic N) is 1. The largest absolute Gasteiger partial charge is 0.496 e. The van der Waals surface area contributed by atoms with Crippen LogP contribution >= 0.6 is 11.6 Å². The second kappa shape index (κ2) is 10.2. The summed E-state index contributed by atoms with van der Waals surface area (Å²) >= 11 is 5.99. The summed E-state index contributed by atoms with van der Waals surface area (Å²) in [6.07, 6.45) is 1.67. The fourth-order valence-electron chi connectivity index (χ4n) is 3.33. The number of likely N-dealkylation sites (tertiary alicyclic amines) is 1. The molecule has 1 aliphatic rings. The molecule has 3 rings (SSSR count). The van der Waals surface area contributed by atoms with Crippen LogP contribution in [0.3, 0.4) is 0 Å². The predicted molar refractivity (Wildman–Crippen MR) is 112 cm³/mol. The molecule has 0 saturated carbocycles. The first kappa shape index (κ1) is 21.0. The van der Waals surface area contributed by atoms with Crippen LogP contribution in [0.4, 0.5) is 0 Å². The van der Waals surface area contributed by atoms with E-state index in [-0.39, 0.29) is 18.4 Å². The van der Waals surface area contributed by atoms with E-state index in [0.717, 1.165) is 12.8 Å². The minimum Gasteiger partial charge on any atom is -0.496 e. The van der Waals surface area contributed by atoms with Crippen LogP contribution in [0.1, 0.15) is 23.2 Å². The summed E-state index contributed by atoms with van der Waals surface area (Å²) in [5.41, 5.74) is 0.422. The molecule has 1 saturated heterocycles. The number of piperidine rings is 1. The molecule has 0 bridgehead atoms. The second-order valence-corrected chi connectivity index (χ2v) is 7.42. The number of amides is 2. The molecule has 1 heterocycles. The molecule has 6 nitrogen and oxygen atoms in total. The van der Waals surface area contributed by atoms with E-state index in [1.807, 2.05) is 35.2 Å². The van der Waals surface area contributed by atoms with Crippen LogP contribution in [0.15, 0.2) is 48.5 Å². The van der Waals surface area contributed by atoms with Gasteiger partial charge in [0.1, 0.15) is 11.5 Å². The molecule has 29 heavy (non-hydrogen) atoms. The van der Waals surface area contributed by atoms with Crippen molar-refractivity contribution in [1.82, 2.24) is 10.2 Å². The summed E-state index contributed by atoms with van der Waals surface area (Å²) in [5.74, 6) is 1.28. The van der Waals surface area contributed by atoms with Crippen molar-refractivity contribution in [2.45, 2.75) is 12.8 Å². The number of methoxy groups -OCH3 is 1. The van der Waals surface area contributed by atoms with Crippen molar-refractivity contribution in [3.05, 3.63) is 59.1 Å². The van der Waals surface area contributed by atoms with Gasteiger partial charge in [0.05, 0.1) is 12.7 Å². The molecule has 0 aliphatic carbocycles. The van der Waals surface area contributed by atoms with E-state index in [4.69, 9.17) is 21.1 Å². The zero-order valence-electron chi connectivity index (χ0n) is 16.4. The van der Waals surface area contributed by atoms with Crippen LogP contribution in [0.25, 0.3) is 0 Å². The summed E-state index contributed by atoms with van der Waals surface area (Å²) in [6.45, 7) is 1.92. The molecule has 0 aromatic heterocycles. The highest BCUT2D eigenvalue weighted by Gasteiger charge is 2.24. The summed E-state index contributed by atoms with van der Waals surface area (Å²) in [7, 11) is 1.52. The van der Waals surface area contributed by atoms with Gasteiger partial charge in [-0.05, 0) is 49.1 Å². The zero-order valence-corrected chi connectivity index (χ0v) is 17.2. The maximum atomic E-state index is 12.5. The number of nitrogens with one attached hydrogen (secondary N) is 1. The van der Waals surface area contributed by atoms with Gasteiger partial charge in [-0.1, -0.05) is 29.8 Å². The Hall–Kier alpha value is -2.73. The maximum Gasteiger partial charge on any atom is 0.260 e. The number of halogens is 1. The molecule has 2 aromatic rings. The molecule has 1 fully saturated rings. The van der Waals surface area contributed by atoms with Gasteiger partial charge in [0.15, 0.2) is 6.61 Å². The Balaban J connectivity index is 1.42. The van der Waals surface area contributed by atoms with Crippen LogP contribution < -0.4 is 14.8 Å². The molecule has 2 amide bonds. The molecule has 2 aromatic carbocycles. The van der Waals surface area contributed by atoms with Gasteiger partial charge in [-0.25, -0.2) is 0 Å². The molecule has 154 valence electrons. The van der Waals surface area contributed by atoms with Crippen molar-refractivity contribution in [1.29, 1.82) is 0 Å². The van der Waals surface area contributed by atoms with Gasteiger partial charge in [-0.3, -0.25) is 9.59 Å². The summed E-state index contributed by atoms with van der Waals surface area (Å²) < 4.78 is 10.8. The highest BCUT2D eigenvalue weighted by Crippen LogP contribution is 2.23. The first-order valence-corrected chi connectivity index (χ1v) is 10.0. The smallest absolute Gasteiger partial charge is 0.260 e. The second-order valence-electron chi connectivity index (χ2n) is 6.98. The molecule has 0 radical (unpaired) electrons. The first-order chi connectivity index (χ1) is 14.1. The normalized spacial score (nSPS) is 14.3. The Morgan fingerprint density at radius 3 is 2.55 bits per heavy atom. The quantitative estimate of drug-likeness (QED) is 0.751. The van der Waals surface area contributed by atoms with Gasteiger partial charge in [0, 0.05) is 24.7 Å². The average Bonchev–Trinajstić information content (AvgIpc) is 2.76. The summed E-state index contributed by atoms with van der Waals surface area (Å²) in [6, 6.07) is 14.3. The van der Waals surface area contributed by atoms with E-state index >= 15 is 0 Å². The lowest BCUT2D eigenvalue weighted by molar-refractivity contribution is -0.134. The van der Waals surface area contributed by atoms with Crippen LogP contribution in [0.2, 0.25) is 5.02 Å². The number of carbonyl (C=O) groups is 2. The van der Waals surface area contributed by atoms with Gasteiger partial charge in [-0.15, -0.1) is 0 Å². The Morgan fingerprint density at radius 1 is 1.14 bits per heavy atom. The van der Waals surface area contributed by atoms with E-state index in [1.165, 1.54) is 7.11 Å². The van der Waals surface area contributed by atoms with E-state index in [9.17, 15) is 9.59 Å². The molecule has 7 heteroatoms. The van der Waals surface area contributed by atoms with Crippen molar-refractivity contribution in [3.63, 3.8) is 0 Å². The van der Waals surface area contributed by atoms with Crippen molar-refractivity contribution in [2.24, 2.45) is 5.92 Å². The van der Waals surface area contributed by atoms with Gasteiger partial charge in [-0.2, -0.15) is 0 Å². The first-order valence-electron chi connectivity index (χ1n) is 9.64. The molecular weight excluding hydrogens is 392 g/mol. The maximum absolute atomic E-state index is 12.5. The van der Waals surface area contributed by atoms with Crippen molar-refractivity contribution in [2.75, 3.05) is 33.4 Å². The number of ether oxygens (including phenoxy) is 2. The van der Waals surface area contributed by atoms with Gasteiger partial charge in [0.25, 0.3) is 11.8 Å².